The van der Waals surface area contributed by atoms with E-state index in [2.05, 4.69) is 6.92 Å². The van der Waals surface area contributed by atoms with Gasteiger partial charge in [0.1, 0.15) is 0 Å². The van der Waals surface area contributed by atoms with Crippen molar-refractivity contribution < 1.29 is 34.2 Å². The number of allylic oxidation sites excluding steroid dienone is 1. The zero-order chi connectivity index (χ0) is 26.0. The van der Waals surface area contributed by atoms with Crippen molar-refractivity contribution in [3.8, 4) is 0 Å². The Morgan fingerprint density at radius 1 is 0.588 bits per heavy atom. The lowest BCUT2D eigenvalue weighted by molar-refractivity contribution is -0.927. The Labute approximate surface area is 206 Å². The first-order valence-corrected chi connectivity index (χ1v) is 13.5. The highest BCUT2D eigenvalue weighted by molar-refractivity contribution is 5.78. The van der Waals surface area contributed by atoms with Gasteiger partial charge in [-0.1, -0.05) is 91.9 Å². The summed E-state index contributed by atoms with van der Waals surface area (Å²) in [4.78, 5) is 36.5. The first kappa shape index (κ1) is 32.1. The van der Waals surface area contributed by atoms with Crippen LogP contribution in [-0.4, -0.2) is 55.8 Å². The molecule has 0 aliphatic heterocycles. The van der Waals surface area contributed by atoms with Crippen molar-refractivity contribution in [1.82, 2.24) is 0 Å². The van der Waals surface area contributed by atoms with Crippen molar-refractivity contribution in [1.29, 1.82) is 0 Å². The van der Waals surface area contributed by atoms with Gasteiger partial charge in [0.2, 0.25) is 0 Å². The van der Waals surface area contributed by atoms with E-state index >= 15 is 0 Å². The zero-order valence-corrected chi connectivity index (χ0v) is 22.0. The number of carboxylic acids is 3. The third-order valence-corrected chi connectivity index (χ3v) is 6.97. The molecule has 0 fully saturated rings. The lowest BCUT2D eigenvalue weighted by atomic mass is 9.95. The lowest BCUT2D eigenvalue weighted by Crippen LogP contribution is -2.69. The van der Waals surface area contributed by atoms with Crippen molar-refractivity contribution in [2.24, 2.45) is 0 Å². The van der Waals surface area contributed by atoms with E-state index in [0.717, 1.165) is 19.3 Å². The SMILES string of the molecule is CCCCCCCCCCCCC/C=C/[N+](C(CC)C(=O)O)(C(CC)C(=O)O)C(CC)C(=O)O. The van der Waals surface area contributed by atoms with Crippen molar-refractivity contribution in [3.63, 3.8) is 0 Å². The third kappa shape index (κ3) is 10.2. The van der Waals surface area contributed by atoms with Gasteiger partial charge in [-0.05, 0) is 18.9 Å². The minimum atomic E-state index is -1.17. The van der Waals surface area contributed by atoms with Crippen LogP contribution < -0.4 is 0 Å². The van der Waals surface area contributed by atoms with Crippen molar-refractivity contribution in [2.45, 2.75) is 142 Å². The Balaban J connectivity index is 5.21. The Morgan fingerprint density at radius 3 is 1.21 bits per heavy atom. The molecular formula is C27H50NO6+. The smallest absolute Gasteiger partial charge is 0.362 e. The fraction of sp³-hybridized carbons (Fsp3) is 0.815. The number of unbranched alkanes of at least 4 members (excludes halogenated alkanes) is 11. The van der Waals surface area contributed by atoms with Crippen LogP contribution in [0.4, 0.5) is 0 Å². The quantitative estimate of drug-likeness (QED) is 0.118. The molecule has 0 heterocycles. The largest absolute Gasteiger partial charge is 0.477 e. The first-order chi connectivity index (χ1) is 16.2. The maximum atomic E-state index is 12.2. The molecule has 3 unspecified atom stereocenters. The summed E-state index contributed by atoms with van der Waals surface area (Å²) < 4.78 is -0.582. The molecule has 198 valence electrons. The Kier molecular flexibility index (Phi) is 17.4. The fourth-order valence-corrected chi connectivity index (χ4v) is 5.19. The van der Waals surface area contributed by atoms with E-state index in [0.29, 0.717) is 6.42 Å². The van der Waals surface area contributed by atoms with E-state index in [-0.39, 0.29) is 19.3 Å². The van der Waals surface area contributed by atoms with Crippen molar-refractivity contribution in [3.05, 3.63) is 12.3 Å². The number of nitrogens with zero attached hydrogens (tertiary/aromatic N) is 1. The normalized spacial score (nSPS) is 16.1. The predicted molar refractivity (Wildman–Crippen MR) is 136 cm³/mol. The maximum absolute atomic E-state index is 12.2. The molecule has 0 aromatic heterocycles. The molecule has 0 saturated heterocycles. The summed E-state index contributed by atoms with van der Waals surface area (Å²) in [6, 6.07) is -3.43. The number of quaternary nitrogens is 1. The molecule has 0 saturated carbocycles. The van der Waals surface area contributed by atoms with Crippen LogP contribution >= 0.6 is 0 Å². The number of hydrogen-bond acceptors (Lipinski definition) is 3. The van der Waals surface area contributed by atoms with Gasteiger partial charge in [0, 0.05) is 19.3 Å². The lowest BCUT2D eigenvalue weighted by Gasteiger charge is -2.46. The van der Waals surface area contributed by atoms with Crippen molar-refractivity contribution >= 4 is 17.9 Å². The van der Waals surface area contributed by atoms with Gasteiger partial charge >= 0.3 is 17.9 Å². The predicted octanol–water partition coefficient (Wildman–Crippen LogP) is 6.61. The van der Waals surface area contributed by atoms with E-state index in [1.54, 1.807) is 27.0 Å². The maximum Gasteiger partial charge on any atom is 0.362 e. The number of hydrogen-bond donors (Lipinski definition) is 3. The Morgan fingerprint density at radius 2 is 0.912 bits per heavy atom. The molecule has 0 spiro atoms. The first-order valence-electron chi connectivity index (χ1n) is 13.5. The summed E-state index contributed by atoms with van der Waals surface area (Å²) in [7, 11) is 0. The minimum absolute atomic E-state index is 0.145. The van der Waals surface area contributed by atoms with Gasteiger partial charge in [-0.15, -0.1) is 0 Å². The molecule has 0 rings (SSSR count). The summed E-state index contributed by atoms with van der Waals surface area (Å²) in [6.07, 6.45) is 18.0. The minimum Gasteiger partial charge on any atom is -0.477 e. The van der Waals surface area contributed by atoms with Crippen molar-refractivity contribution in [2.75, 3.05) is 0 Å². The summed E-state index contributed by atoms with van der Waals surface area (Å²) in [5.41, 5.74) is 0. The van der Waals surface area contributed by atoms with Crippen LogP contribution in [-0.2, 0) is 14.4 Å². The average Bonchev–Trinajstić information content (AvgIpc) is 2.77. The Hall–Kier alpha value is -1.89. The summed E-state index contributed by atoms with van der Waals surface area (Å²) in [5, 5.41) is 29.8. The van der Waals surface area contributed by atoms with Crippen LogP contribution in [0.25, 0.3) is 0 Å². The summed E-state index contributed by atoms with van der Waals surface area (Å²) in [5.74, 6) is -3.50. The molecule has 0 aromatic rings. The average molecular weight is 485 g/mol. The van der Waals surface area contributed by atoms with E-state index < -0.39 is 40.5 Å². The monoisotopic (exact) mass is 484 g/mol. The summed E-state index contributed by atoms with van der Waals surface area (Å²) in [6.45, 7) is 7.25. The van der Waals surface area contributed by atoms with E-state index in [1.165, 1.54) is 51.4 Å². The van der Waals surface area contributed by atoms with Crippen LogP contribution in [0.3, 0.4) is 0 Å². The molecule has 0 aromatic carbocycles. The van der Waals surface area contributed by atoms with Gasteiger partial charge in [0.25, 0.3) is 0 Å². The van der Waals surface area contributed by atoms with Gasteiger partial charge < -0.3 is 15.3 Å². The molecule has 0 bridgehead atoms. The second kappa shape index (κ2) is 18.4. The van der Waals surface area contributed by atoms with Crippen LogP contribution in [0.5, 0.6) is 0 Å². The molecule has 7 heteroatoms. The van der Waals surface area contributed by atoms with E-state index in [4.69, 9.17) is 0 Å². The van der Waals surface area contributed by atoms with Crippen LogP contribution in [0, 0.1) is 0 Å². The second-order valence-corrected chi connectivity index (χ2v) is 9.39. The van der Waals surface area contributed by atoms with E-state index in [9.17, 15) is 29.7 Å². The molecule has 0 aliphatic carbocycles. The zero-order valence-electron chi connectivity index (χ0n) is 22.0. The van der Waals surface area contributed by atoms with Gasteiger partial charge in [-0.3, -0.25) is 4.48 Å². The molecular weight excluding hydrogens is 434 g/mol. The molecule has 34 heavy (non-hydrogen) atoms. The fourth-order valence-electron chi connectivity index (χ4n) is 5.19. The van der Waals surface area contributed by atoms with E-state index in [1.807, 2.05) is 6.08 Å². The highest BCUT2D eigenvalue weighted by Crippen LogP contribution is 2.32. The molecule has 0 amide bonds. The summed E-state index contributed by atoms with van der Waals surface area (Å²) >= 11 is 0. The van der Waals surface area contributed by atoms with Gasteiger partial charge in [0.15, 0.2) is 18.1 Å². The van der Waals surface area contributed by atoms with Crippen LogP contribution in [0.2, 0.25) is 0 Å². The number of rotatable bonds is 22. The Bertz CT molecular complexity index is 563. The van der Waals surface area contributed by atoms with Gasteiger partial charge in [0.05, 0.1) is 6.20 Å². The molecule has 7 nitrogen and oxygen atoms in total. The molecule has 3 atom stereocenters. The molecule has 0 radical (unpaired) electrons. The van der Waals surface area contributed by atoms with Crippen LogP contribution in [0.1, 0.15) is 124 Å². The second-order valence-electron chi connectivity index (χ2n) is 9.39. The highest BCUT2D eigenvalue weighted by Gasteiger charge is 2.55. The standard InChI is InChI=1S/C27H49NO6/c1-5-9-10-11-12-13-14-15-16-17-18-19-20-21-28(22(6-2)25(29)30,23(7-3)26(31)32)24(8-4)27(33)34/h20-24H,5-19H2,1-4H3,(H2-,29,30,31,32,33,34)/p+1/b21-20+. The molecule has 3 N–H and O–H groups in total. The number of carboxylic acid groups (broad SMARTS) is 3. The van der Waals surface area contributed by atoms with Crippen LogP contribution in [0.15, 0.2) is 12.3 Å². The van der Waals surface area contributed by atoms with Gasteiger partial charge in [-0.25, -0.2) is 14.4 Å². The third-order valence-electron chi connectivity index (χ3n) is 6.97. The number of aliphatic carboxylic acids is 3. The highest BCUT2D eigenvalue weighted by atomic mass is 16.4. The topological polar surface area (TPSA) is 112 Å². The van der Waals surface area contributed by atoms with Gasteiger partial charge in [-0.2, -0.15) is 0 Å². The number of carbonyl (C=O) groups is 3. The molecule has 0 aliphatic rings.